The maximum atomic E-state index is 13.6. The van der Waals surface area contributed by atoms with Gasteiger partial charge in [-0.3, -0.25) is 9.10 Å². The molecule has 1 amide bonds. The highest BCUT2D eigenvalue weighted by atomic mass is 35.5. The van der Waals surface area contributed by atoms with Crippen molar-refractivity contribution in [2.75, 3.05) is 16.2 Å². The molecule has 0 bridgehead atoms. The topological polar surface area (TPSA) is 75.7 Å². The van der Waals surface area contributed by atoms with E-state index in [0.717, 1.165) is 15.4 Å². The summed E-state index contributed by atoms with van der Waals surface area (Å²) in [6, 6.07) is 27.4. The molecule has 4 aromatic rings. The molecule has 0 saturated heterocycles. The van der Waals surface area contributed by atoms with Crippen molar-refractivity contribution < 1.29 is 17.9 Å². The van der Waals surface area contributed by atoms with Crippen LogP contribution in [0.4, 0.5) is 11.4 Å². The highest BCUT2D eigenvalue weighted by Gasteiger charge is 2.27. The van der Waals surface area contributed by atoms with Gasteiger partial charge in [-0.2, -0.15) is 0 Å². The summed E-state index contributed by atoms with van der Waals surface area (Å²) in [5.41, 5.74) is 2.61. The van der Waals surface area contributed by atoms with Crippen molar-refractivity contribution in [1.29, 1.82) is 0 Å². The Morgan fingerprint density at radius 3 is 2.11 bits per heavy atom. The van der Waals surface area contributed by atoms with Crippen LogP contribution in [0.3, 0.4) is 0 Å². The molecule has 8 heteroatoms. The summed E-state index contributed by atoms with van der Waals surface area (Å²) in [5.74, 6) is 0.409. The Labute approximate surface area is 216 Å². The third-order valence-corrected chi connectivity index (χ3v) is 7.43. The number of amides is 1. The zero-order chi connectivity index (χ0) is 25.7. The van der Waals surface area contributed by atoms with E-state index in [0.29, 0.717) is 27.9 Å². The third kappa shape index (κ3) is 6.05. The van der Waals surface area contributed by atoms with Gasteiger partial charge in [0.05, 0.1) is 16.3 Å². The van der Waals surface area contributed by atoms with Crippen LogP contribution in [0.25, 0.3) is 0 Å². The molecule has 0 atom stereocenters. The van der Waals surface area contributed by atoms with Gasteiger partial charge in [-0.1, -0.05) is 65.2 Å². The summed E-state index contributed by atoms with van der Waals surface area (Å²) in [4.78, 5) is 13.3. The Bertz CT molecular complexity index is 1460. The molecule has 4 aromatic carbocycles. The predicted molar refractivity (Wildman–Crippen MR) is 143 cm³/mol. The monoisotopic (exact) mass is 520 g/mol. The zero-order valence-electron chi connectivity index (χ0n) is 19.8. The molecule has 4 rings (SSSR count). The van der Waals surface area contributed by atoms with Crippen LogP contribution in [0.2, 0.25) is 5.02 Å². The summed E-state index contributed by atoms with van der Waals surface area (Å²) in [5, 5.41) is 3.16. The number of hydrogen-bond acceptors (Lipinski definition) is 4. The molecule has 184 valence electrons. The van der Waals surface area contributed by atoms with Crippen LogP contribution in [0.15, 0.2) is 102 Å². The molecule has 0 radical (unpaired) electrons. The van der Waals surface area contributed by atoms with Gasteiger partial charge in [0.1, 0.15) is 12.3 Å². The fraction of sp³-hybridized carbons (Fsp3) is 0.107. The maximum Gasteiger partial charge on any atom is 0.264 e. The SMILES string of the molecule is Cc1ccc(N(CC(=O)Nc2cc(Cl)ccc2Oc2ccccc2)S(=O)(=O)c2ccc(C)cc2)cc1. The number of carbonyl (C=O) groups is 1. The van der Waals surface area contributed by atoms with Gasteiger partial charge in [0, 0.05) is 5.02 Å². The fourth-order valence-electron chi connectivity index (χ4n) is 3.49. The first-order chi connectivity index (χ1) is 17.2. The number of nitrogens with one attached hydrogen (secondary N) is 1. The lowest BCUT2D eigenvalue weighted by molar-refractivity contribution is -0.114. The molecule has 0 aliphatic heterocycles. The zero-order valence-corrected chi connectivity index (χ0v) is 21.4. The van der Waals surface area contributed by atoms with Crippen LogP contribution < -0.4 is 14.4 Å². The van der Waals surface area contributed by atoms with Crippen LogP contribution in [-0.4, -0.2) is 20.9 Å². The second kappa shape index (κ2) is 10.8. The second-order valence-corrected chi connectivity index (χ2v) is 10.6. The standard InChI is InChI=1S/C28H25ClN2O4S/c1-20-8-13-23(14-9-20)31(36(33,34)25-15-10-21(2)11-16-25)19-28(32)30-26-18-22(29)12-17-27(26)35-24-6-4-3-5-7-24/h3-18H,19H2,1-2H3,(H,30,32). The van der Waals surface area contributed by atoms with Crippen LogP contribution in [0.5, 0.6) is 11.5 Å². The number of para-hydroxylation sites is 1. The number of rotatable bonds is 8. The van der Waals surface area contributed by atoms with Crippen molar-refractivity contribution in [1.82, 2.24) is 0 Å². The van der Waals surface area contributed by atoms with Crippen molar-refractivity contribution in [3.8, 4) is 11.5 Å². The van der Waals surface area contributed by atoms with E-state index in [1.54, 1.807) is 66.7 Å². The van der Waals surface area contributed by atoms with Gasteiger partial charge in [0.2, 0.25) is 5.91 Å². The number of benzene rings is 4. The molecule has 0 aromatic heterocycles. The largest absolute Gasteiger partial charge is 0.455 e. The minimum atomic E-state index is -4.02. The first-order valence-corrected chi connectivity index (χ1v) is 13.0. The fourth-order valence-corrected chi connectivity index (χ4v) is 5.08. The summed E-state index contributed by atoms with van der Waals surface area (Å²) < 4.78 is 34.2. The molecule has 0 unspecified atom stereocenters. The molecule has 0 fully saturated rings. The number of nitrogens with zero attached hydrogens (tertiary/aromatic N) is 1. The second-order valence-electron chi connectivity index (χ2n) is 8.26. The molecular formula is C28H25ClN2O4S. The Morgan fingerprint density at radius 2 is 1.47 bits per heavy atom. The quantitative estimate of drug-likeness (QED) is 0.284. The minimum absolute atomic E-state index is 0.0948. The summed E-state index contributed by atoms with van der Waals surface area (Å²) in [7, 11) is -4.02. The van der Waals surface area contributed by atoms with E-state index in [-0.39, 0.29) is 4.90 Å². The first-order valence-electron chi connectivity index (χ1n) is 11.2. The number of anilines is 2. The number of ether oxygens (including phenoxy) is 1. The summed E-state index contributed by atoms with van der Waals surface area (Å²) in [6.45, 7) is 3.33. The Hall–Kier alpha value is -3.81. The lowest BCUT2D eigenvalue weighted by Gasteiger charge is -2.24. The number of halogens is 1. The lowest BCUT2D eigenvalue weighted by atomic mass is 10.2. The van der Waals surface area contributed by atoms with E-state index in [2.05, 4.69) is 5.32 Å². The Balaban J connectivity index is 1.64. The molecule has 1 N–H and O–H groups in total. The van der Waals surface area contributed by atoms with E-state index in [9.17, 15) is 13.2 Å². The molecule has 0 aliphatic rings. The third-order valence-electron chi connectivity index (χ3n) is 5.40. The van der Waals surface area contributed by atoms with E-state index < -0.39 is 22.5 Å². The van der Waals surface area contributed by atoms with Crippen molar-refractivity contribution in [2.45, 2.75) is 18.7 Å². The molecule has 0 heterocycles. The van der Waals surface area contributed by atoms with E-state index in [1.807, 2.05) is 32.0 Å². The van der Waals surface area contributed by atoms with Crippen LogP contribution in [0.1, 0.15) is 11.1 Å². The van der Waals surface area contributed by atoms with Crippen molar-refractivity contribution in [3.05, 3.63) is 113 Å². The molecule has 6 nitrogen and oxygen atoms in total. The molecule has 0 aliphatic carbocycles. The Kier molecular flexibility index (Phi) is 7.62. The first kappa shape index (κ1) is 25.3. The van der Waals surface area contributed by atoms with E-state index in [1.165, 1.54) is 12.1 Å². The highest BCUT2D eigenvalue weighted by Crippen LogP contribution is 2.32. The van der Waals surface area contributed by atoms with Crippen LogP contribution >= 0.6 is 11.6 Å². The number of sulfonamides is 1. The minimum Gasteiger partial charge on any atom is -0.455 e. The van der Waals surface area contributed by atoms with Crippen LogP contribution in [-0.2, 0) is 14.8 Å². The predicted octanol–water partition coefficient (Wildman–Crippen LogP) is 6.58. The molecule has 0 saturated carbocycles. The molecule has 36 heavy (non-hydrogen) atoms. The van der Waals surface area contributed by atoms with Crippen molar-refractivity contribution >= 4 is 38.9 Å². The van der Waals surface area contributed by atoms with E-state index in [4.69, 9.17) is 16.3 Å². The van der Waals surface area contributed by atoms with Gasteiger partial charge in [0.25, 0.3) is 10.0 Å². The van der Waals surface area contributed by atoms with Gasteiger partial charge in [-0.15, -0.1) is 0 Å². The molecule has 0 spiro atoms. The van der Waals surface area contributed by atoms with Gasteiger partial charge >= 0.3 is 0 Å². The van der Waals surface area contributed by atoms with E-state index >= 15 is 0 Å². The number of hydrogen-bond donors (Lipinski definition) is 1. The normalized spacial score (nSPS) is 11.1. The van der Waals surface area contributed by atoms with Gasteiger partial charge < -0.3 is 10.1 Å². The summed E-state index contributed by atoms with van der Waals surface area (Å²) >= 11 is 6.17. The van der Waals surface area contributed by atoms with Crippen molar-refractivity contribution in [3.63, 3.8) is 0 Å². The number of carbonyl (C=O) groups excluding carboxylic acids is 1. The van der Waals surface area contributed by atoms with Crippen LogP contribution in [0, 0.1) is 13.8 Å². The smallest absolute Gasteiger partial charge is 0.264 e. The van der Waals surface area contributed by atoms with Gasteiger partial charge in [-0.25, -0.2) is 8.42 Å². The average molecular weight is 521 g/mol. The van der Waals surface area contributed by atoms with Gasteiger partial charge in [0.15, 0.2) is 5.75 Å². The maximum absolute atomic E-state index is 13.6. The summed E-state index contributed by atoms with van der Waals surface area (Å²) in [6.07, 6.45) is 0. The van der Waals surface area contributed by atoms with Crippen molar-refractivity contribution in [2.24, 2.45) is 0 Å². The van der Waals surface area contributed by atoms with Gasteiger partial charge in [-0.05, 0) is 68.4 Å². The lowest BCUT2D eigenvalue weighted by Crippen LogP contribution is -2.38. The average Bonchev–Trinajstić information content (AvgIpc) is 2.86. The Morgan fingerprint density at radius 1 is 0.861 bits per heavy atom. The molecular weight excluding hydrogens is 496 g/mol. The highest BCUT2D eigenvalue weighted by molar-refractivity contribution is 7.92. The number of aryl methyl sites for hydroxylation is 2.